The summed E-state index contributed by atoms with van der Waals surface area (Å²) in [6.07, 6.45) is 3.10. The van der Waals surface area contributed by atoms with Crippen LogP contribution in [0.5, 0.6) is 11.5 Å². The van der Waals surface area contributed by atoms with Crippen LogP contribution in [0.25, 0.3) is 0 Å². The molecule has 0 radical (unpaired) electrons. The first kappa shape index (κ1) is 39.8. The Morgan fingerprint density at radius 3 is 0.821 bits per heavy atom. The van der Waals surface area contributed by atoms with Crippen molar-refractivity contribution in [3.05, 3.63) is 162 Å². The van der Waals surface area contributed by atoms with Gasteiger partial charge in [0.2, 0.25) is 0 Å². The van der Waals surface area contributed by atoms with E-state index in [1.165, 1.54) is 44.5 Å². The first-order valence-electron chi connectivity index (χ1n) is 18.2. The summed E-state index contributed by atoms with van der Waals surface area (Å²) in [5.41, 5.74) is 16.6. The van der Waals surface area contributed by atoms with E-state index in [0.717, 1.165) is 35.1 Å². The third-order valence-electron chi connectivity index (χ3n) is 14.3. The van der Waals surface area contributed by atoms with Crippen LogP contribution in [-0.4, -0.2) is 0 Å². The summed E-state index contributed by atoms with van der Waals surface area (Å²) in [4.78, 5) is 50.4. The van der Waals surface area contributed by atoms with Gasteiger partial charge in [-0.15, -0.1) is 0 Å². The molecule has 56 heavy (non-hydrogen) atoms. The summed E-state index contributed by atoms with van der Waals surface area (Å²) in [5, 5.41) is 0. The molecule has 0 N–H and O–H groups in total. The molecule has 0 unspecified atom stereocenters. The van der Waals surface area contributed by atoms with Gasteiger partial charge >= 0.3 is 75.4 Å². The maximum absolute atomic E-state index is 12.6. The van der Waals surface area contributed by atoms with Gasteiger partial charge in [-0.25, -0.2) is 0 Å². The Bertz CT molecular complexity index is 2360. The second kappa shape index (κ2) is 12.9. The van der Waals surface area contributed by atoms with Crippen LogP contribution < -0.4 is 104 Å². The molecular weight excluding hydrogens is 722 g/mol. The maximum Gasteiger partial charge on any atom is 1.00 e. The van der Waals surface area contributed by atoms with Crippen LogP contribution in [-0.2, 0) is 9.13 Å². The van der Waals surface area contributed by atoms with Crippen molar-refractivity contribution in [1.82, 2.24) is 0 Å². The first-order valence-corrected chi connectivity index (χ1v) is 21.1. The molecule has 0 fully saturated rings. The molecule has 8 aliphatic rings. The zero-order valence-corrected chi connectivity index (χ0v) is 33.3. The topological polar surface area (TPSA) is 145 Å². The fraction of sp³-hybridized carbons (Fsp3) is 0.286. The van der Waals surface area contributed by atoms with E-state index in [-0.39, 0.29) is 134 Å². The molecule has 8 atom stereocenters. The van der Waals surface area contributed by atoms with Crippen LogP contribution in [0.15, 0.2) is 72.8 Å². The number of hydrogen-bond donors (Lipinski definition) is 0. The molecule has 0 aromatic heterocycles. The minimum absolute atomic E-state index is 0. The predicted octanol–water partition coefficient (Wildman–Crippen LogP) is -5.96. The van der Waals surface area contributed by atoms with E-state index in [4.69, 9.17) is 9.05 Å². The molecule has 0 saturated carbocycles. The maximum atomic E-state index is 12.6. The SMILES string of the molecule is O=P([O-])([O-])Oc1c2c(c(OP(=O)([O-])[O-])c3c1[C@H]1C[C@@H]3c3cc4c(cc31)[C@H]1C[C@@H]4c3ccccc31)[C@H]1C[C@@H]2c2cc3c(cc21)[C@H]1C[C@@H]3c2ccccc21.[Li+].[Li+].[Li+].[Li+]. The Kier molecular flexibility index (Phi) is 9.21. The molecule has 8 aliphatic carbocycles. The summed E-state index contributed by atoms with van der Waals surface area (Å²) in [7, 11) is -11.1. The van der Waals surface area contributed by atoms with Crippen molar-refractivity contribution in [3.63, 3.8) is 0 Å². The van der Waals surface area contributed by atoms with Gasteiger partial charge in [0.1, 0.15) is 27.1 Å². The average molecular weight is 750 g/mol. The quantitative estimate of drug-likeness (QED) is 0.131. The summed E-state index contributed by atoms with van der Waals surface area (Å²) in [6, 6.07) is 26.2. The van der Waals surface area contributed by atoms with Gasteiger partial charge in [0.25, 0.3) is 0 Å². The van der Waals surface area contributed by atoms with Crippen molar-refractivity contribution in [1.29, 1.82) is 0 Å². The normalized spacial score (nSPS) is 26.9. The van der Waals surface area contributed by atoms with Gasteiger partial charge in [0.05, 0.1) is 0 Å². The van der Waals surface area contributed by atoms with Crippen molar-refractivity contribution < 1.29 is 113 Å². The minimum Gasteiger partial charge on any atom is -0.780 e. The molecule has 13 rings (SSSR count). The molecule has 5 aromatic rings. The van der Waals surface area contributed by atoms with Crippen LogP contribution in [0.2, 0.25) is 0 Å². The van der Waals surface area contributed by atoms with Gasteiger partial charge in [-0.2, -0.15) is 0 Å². The molecule has 0 aliphatic heterocycles. The monoisotopic (exact) mass is 750 g/mol. The molecule has 0 heterocycles. The van der Waals surface area contributed by atoms with Gasteiger partial charge in [0.15, 0.2) is 0 Å². The Morgan fingerprint density at radius 1 is 0.375 bits per heavy atom. The van der Waals surface area contributed by atoms with E-state index in [1.54, 1.807) is 0 Å². The molecule has 5 aromatic carbocycles. The van der Waals surface area contributed by atoms with Crippen LogP contribution in [0.1, 0.15) is 162 Å². The Hall–Kier alpha value is -1.61. The fourth-order valence-electron chi connectivity index (χ4n) is 12.9. The number of phosphoric ester groups is 2. The second-order valence-electron chi connectivity index (χ2n) is 16.2. The van der Waals surface area contributed by atoms with E-state index in [9.17, 15) is 28.7 Å². The molecule has 8 nitrogen and oxygen atoms in total. The third-order valence-corrected chi connectivity index (χ3v) is 15.1. The molecule has 258 valence electrons. The number of hydrogen-bond acceptors (Lipinski definition) is 8. The molecule has 0 saturated heterocycles. The average Bonchev–Trinajstić information content (AvgIpc) is 3.98. The molecule has 8 bridgehead atoms. The predicted molar refractivity (Wildman–Crippen MR) is 182 cm³/mol. The van der Waals surface area contributed by atoms with Crippen LogP contribution >= 0.6 is 15.6 Å². The molecule has 0 spiro atoms. The Labute approximate surface area is 372 Å². The summed E-state index contributed by atoms with van der Waals surface area (Å²) in [6.45, 7) is 0. The number of phosphoric acid groups is 2. The van der Waals surface area contributed by atoms with Crippen molar-refractivity contribution in [2.75, 3.05) is 0 Å². The van der Waals surface area contributed by atoms with E-state index in [1.807, 2.05) is 0 Å². The standard InChI is InChI=1S/C42H32O8P2.4Li/c43-51(44,45)49-41-37-33-15-34(30-12-26-22-9-21(25(26)11-29(30)33)17-5-1-2-6-18(17)22)38(37)42(50-52(46,47)48)40-36-16-35(39(40)41)31-13-27-23-10-24(28(27)14-32(31)36)20-8-4-3-7-19(20)23;;;;/h1-8,11-14,21-24,33-36H,9-10,15-16H2,(H2,43,44,45)(H2,46,47,48);;;;/q;4*+1/p-4/t21-,22+,23+,24-,33-,34+,35+,36-;;;;. The largest absolute Gasteiger partial charge is 1.00 e. The second-order valence-corrected chi connectivity index (χ2v) is 18.4. The van der Waals surface area contributed by atoms with E-state index >= 15 is 0 Å². The molecule has 0 amide bonds. The number of fused-ring (bicyclic) bond motifs is 32. The van der Waals surface area contributed by atoms with Gasteiger partial charge in [-0.05, 0) is 92.4 Å². The van der Waals surface area contributed by atoms with Crippen molar-refractivity contribution >= 4 is 15.6 Å². The van der Waals surface area contributed by atoms with Gasteiger partial charge in [0, 0.05) is 69.6 Å². The zero-order chi connectivity index (χ0) is 34.7. The van der Waals surface area contributed by atoms with E-state index < -0.39 is 15.6 Å². The summed E-state index contributed by atoms with van der Waals surface area (Å²) in [5.74, 6) is -0.203. The van der Waals surface area contributed by atoms with Crippen LogP contribution in [0, 0.1) is 0 Å². The summed E-state index contributed by atoms with van der Waals surface area (Å²) < 4.78 is 36.3. The Morgan fingerprint density at radius 2 is 0.589 bits per heavy atom. The number of rotatable bonds is 4. The first-order chi connectivity index (χ1) is 25.0. The van der Waals surface area contributed by atoms with E-state index in [0.29, 0.717) is 35.1 Å². The van der Waals surface area contributed by atoms with Crippen LogP contribution in [0.4, 0.5) is 0 Å². The van der Waals surface area contributed by atoms with Crippen molar-refractivity contribution in [2.24, 2.45) is 0 Å². The van der Waals surface area contributed by atoms with Gasteiger partial charge < -0.3 is 37.8 Å². The zero-order valence-electron chi connectivity index (χ0n) is 31.5. The van der Waals surface area contributed by atoms with Gasteiger partial charge in [-0.3, -0.25) is 0 Å². The Balaban J connectivity index is 0.00000102. The van der Waals surface area contributed by atoms with Crippen LogP contribution in [0.3, 0.4) is 0 Å². The third kappa shape index (κ3) is 5.00. The summed E-state index contributed by atoms with van der Waals surface area (Å²) >= 11 is 0. The van der Waals surface area contributed by atoms with Gasteiger partial charge in [-0.1, -0.05) is 72.8 Å². The molecular formula is C42H28Li4O8P2. The fourth-order valence-corrected chi connectivity index (χ4v) is 13.7. The number of benzene rings is 5. The van der Waals surface area contributed by atoms with E-state index in [2.05, 4.69) is 72.8 Å². The molecule has 14 heteroatoms. The smallest absolute Gasteiger partial charge is 0.780 e. The van der Waals surface area contributed by atoms with Crippen molar-refractivity contribution in [2.45, 2.75) is 73.0 Å². The minimum atomic E-state index is -5.56. The van der Waals surface area contributed by atoms with Crippen molar-refractivity contribution in [3.8, 4) is 11.5 Å².